The standard InChI is InChI=1S/C34H37N3O7S/c1-20(36-32(39)30-21(2)45-19-35-30)31(24-9-7-23(8-10-24)22-5-6-22)43-27-13-11-25(12-14-27)34(41)44-28-4-3-15-37(17-28)33(40)26-16-29(38)42-18-26/h7-14,19-20,22,26,28,31H,3-6,15-18H2,1-2H3,(H,36,39)/t20?,26-,28+,31?/m1/s1. The number of cyclic esters (lactones) is 1. The summed E-state index contributed by atoms with van der Waals surface area (Å²) in [5.74, 6) is -0.526. The van der Waals surface area contributed by atoms with Crippen molar-refractivity contribution in [1.29, 1.82) is 0 Å². The van der Waals surface area contributed by atoms with Gasteiger partial charge in [0.2, 0.25) is 5.91 Å². The summed E-state index contributed by atoms with van der Waals surface area (Å²) in [6.07, 6.45) is 2.95. The normalized spacial score (nSPS) is 21.0. The number of ether oxygens (including phenoxy) is 3. The van der Waals surface area contributed by atoms with E-state index in [1.165, 1.54) is 29.7 Å². The van der Waals surface area contributed by atoms with Crippen molar-refractivity contribution in [2.75, 3.05) is 19.7 Å². The van der Waals surface area contributed by atoms with Crippen molar-refractivity contribution in [2.45, 2.75) is 70.1 Å². The molecule has 2 saturated heterocycles. The maximum absolute atomic E-state index is 13.0. The minimum absolute atomic E-state index is 0.0947. The van der Waals surface area contributed by atoms with Gasteiger partial charge in [0.15, 0.2) is 0 Å². The third kappa shape index (κ3) is 7.36. The maximum Gasteiger partial charge on any atom is 0.338 e. The summed E-state index contributed by atoms with van der Waals surface area (Å²) in [4.78, 5) is 57.0. The molecule has 1 aromatic heterocycles. The molecule has 3 aromatic rings. The van der Waals surface area contributed by atoms with E-state index in [4.69, 9.17) is 14.2 Å². The number of piperidine rings is 1. The van der Waals surface area contributed by atoms with Gasteiger partial charge in [-0.3, -0.25) is 14.4 Å². The number of carbonyl (C=O) groups is 4. The molecular weight excluding hydrogens is 594 g/mol. The SMILES string of the molecule is Cc1scnc1C(=O)NC(C)C(Oc1ccc(C(=O)O[C@H]2CCCN(C(=O)[C@H]3COC(=O)C3)C2)cc1)c1ccc(C2CC2)cc1. The van der Waals surface area contributed by atoms with E-state index in [1.54, 1.807) is 34.7 Å². The van der Waals surface area contributed by atoms with Crippen LogP contribution in [0.4, 0.5) is 0 Å². The van der Waals surface area contributed by atoms with E-state index in [2.05, 4.69) is 34.6 Å². The lowest BCUT2D eigenvalue weighted by Crippen LogP contribution is -2.46. The van der Waals surface area contributed by atoms with Crippen LogP contribution in [0.1, 0.15) is 87.9 Å². The largest absolute Gasteiger partial charge is 0.484 e. The van der Waals surface area contributed by atoms with Crippen LogP contribution in [0.5, 0.6) is 5.75 Å². The zero-order valence-corrected chi connectivity index (χ0v) is 26.2. The third-order valence-corrected chi connectivity index (χ3v) is 9.37. The van der Waals surface area contributed by atoms with Crippen molar-refractivity contribution in [3.63, 3.8) is 0 Å². The Morgan fingerprint density at radius 3 is 2.47 bits per heavy atom. The highest BCUT2D eigenvalue weighted by Gasteiger charge is 2.36. The summed E-state index contributed by atoms with van der Waals surface area (Å²) in [5.41, 5.74) is 4.67. The summed E-state index contributed by atoms with van der Waals surface area (Å²) in [7, 11) is 0. The topological polar surface area (TPSA) is 124 Å². The van der Waals surface area contributed by atoms with Crippen LogP contribution in [0.3, 0.4) is 0 Å². The Bertz CT molecular complexity index is 1550. The van der Waals surface area contributed by atoms with Crippen molar-refractivity contribution >= 4 is 35.1 Å². The molecule has 1 N–H and O–H groups in total. The van der Waals surface area contributed by atoms with Crippen molar-refractivity contribution in [1.82, 2.24) is 15.2 Å². The van der Waals surface area contributed by atoms with E-state index in [9.17, 15) is 19.2 Å². The van der Waals surface area contributed by atoms with Crippen molar-refractivity contribution in [3.05, 3.63) is 81.3 Å². The lowest BCUT2D eigenvalue weighted by Gasteiger charge is -2.33. The molecule has 3 fully saturated rings. The summed E-state index contributed by atoms with van der Waals surface area (Å²) in [6.45, 7) is 4.74. The maximum atomic E-state index is 13.0. The molecule has 0 spiro atoms. The number of nitrogens with zero attached hydrogens (tertiary/aromatic N) is 2. The minimum Gasteiger partial charge on any atom is -0.484 e. The molecule has 2 aromatic carbocycles. The average Bonchev–Trinajstić information content (AvgIpc) is 3.66. The van der Waals surface area contributed by atoms with Crippen LogP contribution >= 0.6 is 11.3 Å². The molecule has 3 aliphatic rings. The van der Waals surface area contributed by atoms with Crippen LogP contribution in [0.15, 0.2) is 54.0 Å². The third-order valence-electron chi connectivity index (χ3n) is 8.61. The molecule has 1 saturated carbocycles. The predicted molar refractivity (Wildman–Crippen MR) is 166 cm³/mol. The van der Waals surface area contributed by atoms with E-state index >= 15 is 0 Å². The lowest BCUT2D eigenvalue weighted by atomic mass is 10.00. The smallest absolute Gasteiger partial charge is 0.338 e. The van der Waals surface area contributed by atoms with E-state index < -0.39 is 24.1 Å². The number of hydrogen-bond donors (Lipinski definition) is 1. The number of thiazole rings is 1. The van der Waals surface area contributed by atoms with E-state index in [1.807, 2.05) is 13.8 Å². The molecule has 1 aliphatic carbocycles. The second kappa shape index (κ2) is 13.4. The predicted octanol–water partition coefficient (Wildman–Crippen LogP) is 4.98. The van der Waals surface area contributed by atoms with Crippen LogP contribution in [0, 0.1) is 12.8 Å². The van der Waals surface area contributed by atoms with Crippen molar-refractivity contribution in [3.8, 4) is 5.75 Å². The summed E-state index contributed by atoms with van der Waals surface area (Å²) in [5, 5.41) is 3.05. The molecule has 10 nitrogen and oxygen atoms in total. The van der Waals surface area contributed by atoms with Gasteiger partial charge in [0.05, 0.1) is 36.0 Å². The van der Waals surface area contributed by atoms with E-state index in [-0.39, 0.29) is 36.9 Å². The van der Waals surface area contributed by atoms with Gasteiger partial charge in [-0.05, 0) is 80.8 Å². The fourth-order valence-corrected chi connectivity index (χ4v) is 6.48. The van der Waals surface area contributed by atoms with Gasteiger partial charge < -0.3 is 24.4 Å². The van der Waals surface area contributed by atoms with Crippen LogP contribution < -0.4 is 10.1 Å². The second-order valence-electron chi connectivity index (χ2n) is 12.1. The number of rotatable bonds is 10. The van der Waals surface area contributed by atoms with Gasteiger partial charge >= 0.3 is 11.9 Å². The molecule has 3 heterocycles. The first-order valence-corrected chi connectivity index (χ1v) is 16.4. The van der Waals surface area contributed by atoms with Crippen LogP contribution in [-0.4, -0.2) is 65.5 Å². The fraction of sp³-hybridized carbons (Fsp3) is 0.441. The lowest BCUT2D eigenvalue weighted by molar-refractivity contribution is -0.139. The Labute approximate surface area is 266 Å². The molecule has 2 amide bonds. The molecule has 236 valence electrons. The first kappa shape index (κ1) is 30.8. The molecule has 45 heavy (non-hydrogen) atoms. The summed E-state index contributed by atoms with van der Waals surface area (Å²) < 4.78 is 17.2. The molecule has 4 atom stereocenters. The first-order valence-electron chi connectivity index (χ1n) is 15.5. The highest BCUT2D eigenvalue weighted by molar-refractivity contribution is 7.09. The highest BCUT2D eigenvalue weighted by atomic mass is 32.1. The van der Waals surface area contributed by atoms with Gasteiger partial charge in [0.1, 0.15) is 30.3 Å². The Morgan fingerprint density at radius 1 is 1.07 bits per heavy atom. The van der Waals surface area contributed by atoms with Gasteiger partial charge in [-0.25, -0.2) is 9.78 Å². The van der Waals surface area contributed by atoms with Gasteiger partial charge in [-0.1, -0.05) is 24.3 Å². The van der Waals surface area contributed by atoms with E-state index in [0.717, 1.165) is 10.4 Å². The number of carbonyl (C=O) groups excluding carboxylic acids is 4. The number of hydrogen-bond acceptors (Lipinski definition) is 9. The number of likely N-dealkylation sites (tertiary alicyclic amines) is 1. The van der Waals surface area contributed by atoms with Crippen molar-refractivity contribution < 1.29 is 33.4 Å². The molecule has 2 aliphatic heterocycles. The number of esters is 2. The summed E-state index contributed by atoms with van der Waals surface area (Å²) >= 11 is 1.42. The number of amides is 2. The fourth-order valence-electron chi connectivity index (χ4n) is 5.91. The average molecular weight is 632 g/mol. The summed E-state index contributed by atoms with van der Waals surface area (Å²) in [6, 6.07) is 14.7. The van der Waals surface area contributed by atoms with Crippen LogP contribution in [-0.2, 0) is 19.1 Å². The molecule has 0 bridgehead atoms. The second-order valence-corrected chi connectivity index (χ2v) is 13.1. The molecule has 0 radical (unpaired) electrons. The quantitative estimate of drug-likeness (QED) is 0.311. The van der Waals surface area contributed by atoms with Gasteiger partial charge in [-0.2, -0.15) is 0 Å². The van der Waals surface area contributed by atoms with E-state index in [0.29, 0.717) is 48.9 Å². The van der Waals surface area contributed by atoms with Gasteiger partial charge in [0, 0.05) is 11.4 Å². The Balaban J connectivity index is 1.10. The van der Waals surface area contributed by atoms with Gasteiger partial charge in [-0.15, -0.1) is 11.3 Å². The molecule has 6 rings (SSSR count). The number of benzene rings is 2. The molecular formula is C34H37N3O7S. The Morgan fingerprint density at radius 2 is 1.82 bits per heavy atom. The number of nitrogens with one attached hydrogen (secondary N) is 1. The Kier molecular flexibility index (Phi) is 9.16. The number of aromatic nitrogens is 1. The highest BCUT2D eigenvalue weighted by Crippen LogP contribution is 2.40. The zero-order chi connectivity index (χ0) is 31.5. The minimum atomic E-state index is -0.495. The van der Waals surface area contributed by atoms with Crippen molar-refractivity contribution in [2.24, 2.45) is 5.92 Å². The first-order chi connectivity index (χ1) is 21.7. The molecule has 2 unspecified atom stereocenters. The number of aryl methyl sites for hydroxylation is 1. The monoisotopic (exact) mass is 631 g/mol. The zero-order valence-electron chi connectivity index (χ0n) is 25.4. The Hall–Kier alpha value is -4.25. The van der Waals surface area contributed by atoms with Gasteiger partial charge in [0.25, 0.3) is 5.91 Å². The van der Waals surface area contributed by atoms with Crippen LogP contribution in [0.25, 0.3) is 0 Å². The van der Waals surface area contributed by atoms with Crippen LogP contribution in [0.2, 0.25) is 0 Å². The molecule has 11 heteroatoms.